The van der Waals surface area contributed by atoms with E-state index in [0.29, 0.717) is 10.2 Å². The van der Waals surface area contributed by atoms with Gasteiger partial charge < -0.3 is 0 Å². The molecule has 0 aliphatic heterocycles. The highest BCUT2D eigenvalue weighted by Gasteiger charge is 2.14. The summed E-state index contributed by atoms with van der Waals surface area (Å²) in [4.78, 5) is 0.493. The van der Waals surface area contributed by atoms with E-state index in [2.05, 4.69) is 29.4 Å². The van der Waals surface area contributed by atoms with E-state index in [0.717, 1.165) is 12.8 Å². The molecule has 0 saturated carbocycles. The Bertz CT molecular complexity index is 136. The average Bonchev–Trinajstić information content (AvgIpc) is 2.17. The van der Waals surface area contributed by atoms with E-state index in [1.165, 1.54) is 32.1 Å². The van der Waals surface area contributed by atoms with Crippen molar-refractivity contribution in [3.8, 4) is 0 Å². The molecule has 84 valence electrons. The van der Waals surface area contributed by atoms with Crippen LogP contribution in [0.5, 0.6) is 0 Å². The molecule has 0 aliphatic rings. The maximum atomic E-state index is 6.21. The highest BCUT2D eigenvalue weighted by atomic mass is 79.9. The summed E-state index contributed by atoms with van der Waals surface area (Å²) >= 11 is 9.87. The van der Waals surface area contributed by atoms with E-state index in [4.69, 9.17) is 11.6 Å². The Morgan fingerprint density at radius 2 is 2.00 bits per heavy atom. The summed E-state index contributed by atoms with van der Waals surface area (Å²) in [5.74, 6) is 0. The van der Waals surface area contributed by atoms with Crippen molar-refractivity contribution in [2.45, 2.75) is 62.1 Å². The van der Waals surface area contributed by atoms with Gasteiger partial charge in [0.2, 0.25) is 0 Å². The number of rotatable bonds is 9. The van der Waals surface area contributed by atoms with Crippen molar-refractivity contribution in [2.24, 2.45) is 0 Å². The Kier molecular flexibility index (Phi) is 10.4. The van der Waals surface area contributed by atoms with Gasteiger partial charge in [0.15, 0.2) is 0 Å². The van der Waals surface area contributed by atoms with E-state index < -0.39 is 0 Å². The molecular formula is C12H22BrCl. The summed E-state index contributed by atoms with van der Waals surface area (Å²) in [5, 5.41) is 0.305. The summed E-state index contributed by atoms with van der Waals surface area (Å²) in [7, 11) is 0. The first-order chi connectivity index (χ1) is 6.72. The molecule has 0 nitrogen and oxygen atoms in total. The van der Waals surface area contributed by atoms with E-state index in [9.17, 15) is 0 Å². The Labute approximate surface area is 102 Å². The molecule has 0 aromatic rings. The lowest BCUT2D eigenvalue weighted by atomic mass is 10.1. The monoisotopic (exact) mass is 280 g/mol. The zero-order valence-electron chi connectivity index (χ0n) is 9.14. The second kappa shape index (κ2) is 10.0. The number of alkyl halides is 2. The minimum absolute atomic E-state index is 0.305. The van der Waals surface area contributed by atoms with E-state index in [1.54, 1.807) is 0 Å². The average molecular weight is 282 g/mol. The fraction of sp³-hybridized carbons (Fsp3) is 0.833. The predicted molar refractivity (Wildman–Crippen MR) is 70.5 cm³/mol. The highest BCUT2D eigenvalue weighted by molar-refractivity contribution is 9.09. The molecule has 2 unspecified atom stereocenters. The molecule has 0 N–H and O–H groups in total. The third-order valence-corrected chi connectivity index (χ3v) is 4.27. The molecule has 0 fully saturated rings. The van der Waals surface area contributed by atoms with Gasteiger partial charge in [-0.15, -0.1) is 18.2 Å². The summed E-state index contributed by atoms with van der Waals surface area (Å²) < 4.78 is 0. The topological polar surface area (TPSA) is 0 Å². The van der Waals surface area contributed by atoms with Gasteiger partial charge in [0.25, 0.3) is 0 Å². The lowest BCUT2D eigenvalue weighted by Crippen LogP contribution is -2.13. The standard InChI is InChI=1S/C12H22BrCl/c1-3-5-6-7-8-10-11(13)12(14)9-4-2/h3,11-12H,1,4-10H2,2H3. The lowest BCUT2D eigenvalue weighted by molar-refractivity contribution is 0.599. The van der Waals surface area contributed by atoms with Crippen molar-refractivity contribution in [1.82, 2.24) is 0 Å². The second-order valence-electron chi connectivity index (χ2n) is 3.75. The third kappa shape index (κ3) is 7.87. The van der Waals surface area contributed by atoms with Gasteiger partial charge >= 0.3 is 0 Å². The minimum atomic E-state index is 0.305. The first-order valence-corrected chi connectivity index (χ1v) is 6.96. The maximum Gasteiger partial charge on any atom is 0.0461 e. The first-order valence-electron chi connectivity index (χ1n) is 5.61. The fourth-order valence-corrected chi connectivity index (χ4v) is 2.37. The Hall–Kier alpha value is 0.510. The zero-order chi connectivity index (χ0) is 10.8. The smallest absolute Gasteiger partial charge is 0.0461 e. The molecule has 0 aromatic heterocycles. The second-order valence-corrected chi connectivity index (χ2v) is 5.48. The summed E-state index contributed by atoms with van der Waals surface area (Å²) in [6, 6.07) is 0. The van der Waals surface area contributed by atoms with Crippen molar-refractivity contribution in [3.05, 3.63) is 12.7 Å². The molecule has 0 rings (SSSR count). The van der Waals surface area contributed by atoms with Gasteiger partial charge in [-0.1, -0.05) is 48.2 Å². The first kappa shape index (κ1) is 14.5. The van der Waals surface area contributed by atoms with Crippen LogP contribution in [-0.4, -0.2) is 10.2 Å². The van der Waals surface area contributed by atoms with Crippen LogP contribution in [0.25, 0.3) is 0 Å². The Balaban J connectivity index is 3.33. The van der Waals surface area contributed by atoms with E-state index >= 15 is 0 Å². The number of allylic oxidation sites excluding steroid dienone is 1. The minimum Gasteiger partial charge on any atom is -0.122 e. The van der Waals surface area contributed by atoms with Gasteiger partial charge in [0.05, 0.1) is 0 Å². The summed E-state index contributed by atoms with van der Waals surface area (Å²) in [5.41, 5.74) is 0. The van der Waals surface area contributed by atoms with Crippen LogP contribution in [0.15, 0.2) is 12.7 Å². The van der Waals surface area contributed by atoms with Crippen LogP contribution in [0.2, 0.25) is 0 Å². The molecule has 0 saturated heterocycles. The third-order valence-electron chi connectivity index (χ3n) is 2.35. The maximum absolute atomic E-state index is 6.21. The summed E-state index contributed by atoms with van der Waals surface area (Å²) in [6.07, 6.45) is 10.5. The van der Waals surface area contributed by atoms with Crippen LogP contribution >= 0.6 is 27.5 Å². The number of hydrogen-bond acceptors (Lipinski definition) is 0. The van der Waals surface area contributed by atoms with Gasteiger partial charge in [-0.25, -0.2) is 0 Å². The molecule has 2 atom stereocenters. The van der Waals surface area contributed by atoms with Crippen LogP contribution in [0.1, 0.15) is 51.9 Å². The van der Waals surface area contributed by atoms with Crippen LogP contribution < -0.4 is 0 Å². The lowest BCUT2D eigenvalue weighted by Gasteiger charge is -2.15. The molecule has 0 radical (unpaired) electrons. The fourth-order valence-electron chi connectivity index (χ4n) is 1.44. The SMILES string of the molecule is C=CCCCCCC(Br)C(Cl)CCC. The van der Waals surface area contributed by atoms with Gasteiger partial charge in [-0.3, -0.25) is 0 Å². The molecule has 0 aliphatic carbocycles. The van der Waals surface area contributed by atoms with Crippen molar-refractivity contribution >= 4 is 27.5 Å². The number of hydrogen-bond donors (Lipinski definition) is 0. The largest absolute Gasteiger partial charge is 0.122 e. The van der Waals surface area contributed by atoms with Crippen molar-refractivity contribution in [1.29, 1.82) is 0 Å². The normalized spacial score (nSPS) is 15.1. The van der Waals surface area contributed by atoms with E-state index in [1.807, 2.05) is 6.08 Å². The van der Waals surface area contributed by atoms with Crippen molar-refractivity contribution in [2.75, 3.05) is 0 Å². The molecule has 0 heterocycles. The predicted octanol–water partition coefficient (Wildman–Crippen LogP) is 5.29. The van der Waals surface area contributed by atoms with Crippen LogP contribution in [0.4, 0.5) is 0 Å². The van der Waals surface area contributed by atoms with Crippen molar-refractivity contribution in [3.63, 3.8) is 0 Å². The van der Waals surface area contributed by atoms with E-state index in [-0.39, 0.29) is 0 Å². The number of halogens is 2. The van der Waals surface area contributed by atoms with Crippen molar-refractivity contribution < 1.29 is 0 Å². The number of unbranched alkanes of at least 4 members (excludes halogenated alkanes) is 3. The van der Waals surface area contributed by atoms with Gasteiger partial charge in [0.1, 0.15) is 0 Å². The van der Waals surface area contributed by atoms with Crippen LogP contribution in [0, 0.1) is 0 Å². The quantitative estimate of drug-likeness (QED) is 0.306. The molecule has 0 bridgehead atoms. The molecular weight excluding hydrogens is 259 g/mol. The molecule has 0 aromatic carbocycles. The Morgan fingerprint density at radius 1 is 1.29 bits per heavy atom. The Morgan fingerprint density at radius 3 is 2.57 bits per heavy atom. The highest BCUT2D eigenvalue weighted by Crippen LogP contribution is 2.22. The van der Waals surface area contributed by atoms with Crippen LogP contribution in [-0.2, 0) is 0 Å². The molecule has 0 amide bonds. The molecule has 0 spiro atoms. The summed E-state index contributed by atoms with van der Waals surface area (Å²) in [6.45, 7) is 5.90. The zero-order valence-corrected chi connectivity index (χ0v) is 11.5. The van der Waals surface area contributed by atoms with Gasteiger partial charge in [-0.05, 0) is 25.7 Å². The van der Waals surface area contributed by atoms with Gasteiger partial charge in [-0.2, -0.15) is 0 Å². The van der Waals surface area contributed by atoms with Gasteiger partial charge in [0, 0.05) is 10.2 Å². The molecule has 14 heavy (non-hydrogen) atoms. The molecule has 2 heteroatoms. The van der Waals surface area contributed by atoms with Crippen LogP contribution in [0.3, 0.4) is 0 Å².